The smallest absolute Gasteiger partial charge is 0.322 e. The maximum Gasteiger partial charge on any atom is 0.322 e. The lowest BCUT2D eigenvalue weighted by atomic mass is 10.1. The third-order valence-electron chi connectivity index (χ3n) is 3.69. The van der Waals surface area contributed by atoms with Gasteiger partial charge >= 0.3 is 5.97 Å². The third-order valence-corrected chi connectivity index (χ3v) is 5.64. The van der Waals surface area contributed by atoms with Crippen molar-refractivity contribution >= 4 is 21.7 Å². The summed E-state index contributed by atoms with van der Waals surface area (Å²) in [5.41, 5.74) is -0.640. The minimum atomic E-state index is -4.30. The zero-order valence-corrected chi connectivity index (χ0v) is 13.2. The quantitative estimate of drug-likeness (QED) is 0.628. The lowest BCUT2D eigenvalue weighted by Gasteiger charge is -2.31. The van der Waals surface area contributed by atoms with Gasteiger partial charge in [-0.1, -0.05) is 0 Å². The van der Waals surface area contributed by atoms with Crippen LogP contribution in [-0.4, -0.2) is 48.4 Å². The zero-order valence-electron chi connectivity index (χ0n) is 12.3. The average Bonchev–Trinajstić information content (AvgIpc) is 2.54. The highest BCUT2D eigenvalue weighted by molar-refractivity contribution is 7.89. The number of sulfonamides is 1. The highest BCUT2D eigenvalue weighted by atomic mass is 32.2. The molecule has 1 N–H and O–H groups in total. The summed E-state index contributed by atoms with van der Waals surface area (Å²) in [5, 5.41) is 20.4. The van der Waals surface area contributed by atoms with Gasteiger partial charge in [0.05, 0.1) is 18.1 Å². The lowest BCUT2D eigenvalue weighted by molar-refractivity contribution is -0.387. The van der Waals surface area contributed by atoms with E-state index >= 15 is 0 Å². The van der Waals surface area contributed by atoms with Crippen LogP contribution < -0.4 is 4.74 Å². The number of nitro groups is 1. The van der Waals surface area contributed by atoms with Crippen LogP contribution in [0.2, 0.25) is 0 Å². The molecule has 0 saturated carbocycles. The summed E-state index contributed by atoms with van der Waals surface area (Å²) in [7, 11) is -3.00. The Morgan fingerprint density at radius 1 is 1.43 bits per heavy atom. The summed E-state index contributed by atoms with van der Waals surface area (Å²) in [6, 6.07) is 2.15. The highest BCUT2D eigenvalue weighted by Gasteiger charge is 2.40. The first-order valence-corrected chi connectivity index (χ1v) is 8.30. The van der Waals surface area contributed by atoms with E-state index in [-0.39, 0.29) is 18.7 Å². The number of carbonyl (C=O) groups is 1. The molecule has 10 heteroatoms. The third kappa shape index (κ3) is 3.27. The average molecular weight is 344 g/mol. The number of nitro benzene ring substituents is 1. The molecule has 0 bridgehead atoms. The number of benzene rings is 1. The molecule has 1 unspecified atom stereocenters. The summed E-state index contributed by atoms with van der Waals surface area (Å²) in [5.74, 6) is -1.12. The molecule has 0 amide bonds. The van der Waals surface area contributed by atoms with Gasteiger partial charge in [-0.2, -0.15) is 4.31 Å². The number of hydrogen-bond acceptors (Lipinski definition) is 6. The van der Waals surface area contributed by atoms with Gasteiger partial charge in [-0.15, -0.1) is 0 Å². The Kier molecular flexibility index (Phi) is 4.85. The van der Waals surface area contributed by atoms with E-state index < -0.39 is 37.5 Å². The van der Waals surface area contributed by atoms with Gasteiger partial charge in [-0.3, -0.25) is 14.9 Å². The Labute approximate surface area is 132 Å². The molecule has 1 saturated heterocycles. The van der Waals surface area contributed by atoms with Crippen molar-refractivity contribution in [2.75, 3.05) is 13.7 Å². The molecule has 1 fully saturated rings. The number of hydrogen-bond donors (Lipinski definition) is 1. The van der Waals surface area contributed by atoms with Gasteiger partial charge in [-0.05, 0) is 31.4 Å². The van der Waals surface area contributed by atoms with E-state index in [1.807, 2.05) is 0 Å². The molecule has 2 rings (SSSR count). The number of aliphatic carboxylic acids is 1. The van der Waals surface area contributed by atoms with E-state index in [2.05, 4.69) is 0 Å². The first kappa shape index (κ1) is 17.2. The fourth-order valence-corrected chi connectivity index (χ4v) is 4.34. The normalized spacial score (nSPS) is 19.3. The van der Waals surface area contributed by atoms with Crippen LogP contribution in [0.25, 0.3) is 0 Å². The van der Waals surface area contributed by atoms with Crippen molar-refractivity contribution in [2.45, 2.75) is 30.2 Å². The first-order valence-electron chi connectivity index (χ1n) is 6.86. The number of piperidine rings is 1. The molecule has 0 radical (unpaired) electrons. The Morgan fingerprint density at radius 3 is 2.70 bits per heavy atom. The Morgan fingerprint density at radius 2 is 2.13 bits per heavy atom. The van der Waals surface area contributed by atoms with Crippen molar-refractivity contribution in [1.29, 1.82) is 0 Å². The maximum absolute atomic E-state index is 12.7. The van der Waals surface area contributed by atoms with Crippen LogP contribution in [0.15, 0.2) is 23.1 Å². The second-order valence-corrected chi connectivity index (χ2v) is 6.92. The van der Waals surface area contributed by atoms with Gasteiger partial charge in [0, 0.05) is 6.54 Å². The molecule has 1 aliphatic heterocycles. The number of ether oxygens (including phenoxy) is 1. The van der Waals surface area contributed by atoms with Gasteiger partial charge in [0.2, 0.25) is 0 Å². The predicted molar refractivity (Wildman–Crippen MR) is 78.8 cm³/mol. The predicted octanol–water partition coefficient (Wildman–Crippen LogP) is 1.23. The number of rotatable bonds is 5. The van der Waals surface area contributed by atoms with E-state index in [0.717, 1.165) is 16.4 Å². The number of carboxylic acids is 1. The molecule has 9 nitrogen and oxygen atoms in total. The summed E-state index contributed by atoms with van der Waals surface area (Å²) < 4.78 is 31.2. The molecular weight excluding hydrogens is 328 g/mol. The Balaban J connectivity index is 2.54. The minimum absolute atomic E-state index is 0.0164. The second kappa shape index (κ2) is 6.50. The Hall–Kier alpha value is -2.20. The van der Waals surface area contributed by atoms with E-state index in [1.54, 1.807) is 0 Å². The molecule has 0 aliphatic carbocycles. The number of carboxylic acid groups (broad SMARTS) is 1. The Bertz CT molecular complexity index is 732. The van der Waals surface area contributed by atoms with Crippen molar-refractivity contribution in [2.24, 2.45) is 0 Å². The molecule has 23 heavy (non-hydrogen) atoms. The standard InChI is InChI=1S/C13H16N2O7S/c1-22-9-5-6-12(11(8-9)15(18)19)23(20,21)14-7-3-2-4-10(14)13(16)17/h5-6,8,10H,2-4,7H2,1H3,(H,16,17). The molecule has 126 valence electrons. The summed E-state index contributed by atoms with van der Waals surface area (Å²) in [4.78, 5) is 21.1. The van der Waals surface area contributed by atoms with Crippen molar-refractivity contribution in [3.05, 3.63) is 28.3 Å². The van der Waals surface area contributed by atoms with Crippen LogP contribution in [0.5, 0.6) is 5.75 Å². The largest absolute Gasteiger partial charge is 0.497 e. The van der Waals surface area contributed by atoms with Gasteiger partial charge < -0.3 is 9.84 Å². The van der Waals surface area contributed by atoms with E-state index in [4.69, 9.17) is 4.74 Å². The summed E-state index contributed by atoms with van der Waals surface area (Å²) in [6.45, 7) is 0.0164. The lowest BCUT2D eigenvalue weighted by Crippen LogP contribution is -2.47. The van der Waals surface area contributed by atoms with Crippen molar-refractivity contribution < 1.29 is 28.0 Å². The van der Waals surface area contributed by atoms with Crippen LogP contribution in [0.4, 0.5) is 5.69 Å². The topological polar surface area (TPSA) is 127 Å². The van der Waals surface area contributed by atoms with Crippen LogP contribution in [0.1, 0.15) is 19.3 Å². The summed E-state index contributed by atoms with van der Waals surface area (Å²) >= 11 is 0. The maximum atomic E-state index is 12.7. The van der Waals surface area contributed by atoms with Crippen LogP contribution in [0, 0.1) is 10.1 Å². The van der Waals surface area contributed by atoms with Crippen LogP contribution in [-0.2, 0) is 14.8 Å². The van der Waals surface area contributed by atoms with Gasteiger partial charge in [0.25, 0.3) is 15.7 Å². The molecule has 1 heterocycles. The van der Waals surface area contributed by atoms with E-state index in [0.29, 0.717) is 12.8 Å². The summed E-state index contributed by atoms with van der Waals surface area (Å²) in [6.07, 6.45) is 1.28. The first-order chi connectivity index (χ1) is 10.8. The molecule has 1 aromatic carbocycles. The van der Waals surface area contributed by atoms with E-state index in [1.165, 1.54) is 13.2 Å². The number of nitrogens with zero attached hydrogens (tertiary/aromatic N) is 2. The fourth-order valence-electron chi connectivity index (χ4n) is 2.55. The van der Waals surface area contributed by atoms with Crippen LogP contribution in [0.3, 0.4) is 0 Å². The monoisotopic (exact) mass is 344 g/mol. The van der Waals surface area contributed by atoms with Gasteiger partial charge in [0.1, 0.15) is 11.8 Å². The molecule has 1 atom stereocenters. The second-order valence-electron chi connectivity index (χ2n) is 5.06. The van der Waals surface area contributed by atoms with Crippen molar-refractivity contribution in [3.8, 4) is 5.75 Å². The molecule has 1 aromatic rings. The highest BCUT2D eigenvalue weighted by Crippen LogP contribution is 2.33. The molecular formula is C13H16N2O7S. The van der Waals surface area contributed by atoms with Crippen molar-refractivity contribution in [1.82, 2.24) is 4.31 Å². The van der Waals surface area contributed by atoms with Crippen molar-refractivity contribution in [3.63, 3.8) is 0 Å². The molecule has 0 aromatic heterocycles. The van der Waals surface area contributed by atoms with E-state index in [9.17, 15) is 28.4 Å². The van der Waals surface area contributed by atoms with Crippen LogP contribution >= 0.6 is 0 Å². The molecule has 1 aliphatic rings. The SMILES string of the molecule is COc1ccc(S(=O)(=O)N2CCCCC2C(=O)O)c([N+](=O)[O-])c1. The minimum Gasteiger partial charge on any atom is -0.497 e. The number of methoxy groups -OCH3 is 1. The molecule has 0 spiro atoms. The van der Waals surface area contributed by atoms with Gasteiger partial charge in [0.15, 0.2) is 4.90 Å². The fraction of sp³-hybridized carbons (Fsp3) is 0.462. The van der Waals surface area contributed by atoms with Gasteiger partial charge in [-0.25, -0.2) is 8.42 Å². The zero-order chi connectivity index (χ0) is 17.2.